The van der Waals surface area contributed by atoms with Crippen molar-refractivity contribution in [2.75, 3.05) is 6.54 Å². The van der Waals surface area contributed by atoms with Crippen LogP contribution in [0.2, 0.25) is 0 Å². The van der Waals surface area contributed by atoms with Gasteiger partial charge in [0, 0.05) is 12.6 Å². The van der Waals surface area contributed by atoms with Crippen LogP contribution in [-0.2, 0) is 0 Å². The smallest absolute Gasteiger partial charge is 0.254 e. The van der Waals surface area contributed by atoms with Crippen LogP contribution in [0.25, 0.3) is 0 Å². The second kappa shape index (κ2) is 4.79. The van der Waals surface area contributed by atoms with Crippen molar-refractivity contribution in [2.45, 2.75) is 18.9 Å². The molecule has 1 saturated carbocycles. The zero-order valence-electron chi connectivity index (χ0n) is 9.25. The van der Waals surface area contributed by atoms with Crippen LogP contribution in [-0.4, -0.2) is 18.5 Å². The van der Waals surface area contributed by atoms with Gasteiger partial charge in [0.1, 0.15) is 0 Å². The quantitative estimate of drug-likeness (QED) is 0.839. The van der Waals surface area contributed by atoms with Gasteiger partial charge < -0.3 is 11.1 Å². The van der Waals surface area contributed by atoms with Gasteiger partial charge in [-0.15, -0.1) is 0 Å². The fraction of sp³-hybridized carbons (Fsp3) is 0.417. The summed E-state index contributed by atoms with van der Waals surface area (Å²) in [6.45, 7) is 0.461. The number of rotatable bonds is 3. The van der Waals surface area contributed by atoms with Crippen molar-refractivity contribution in [2.24, 2.45) is 11.7 Å². The highest BCUT2D eigenvalue weighted by Gasteiger charge is 2.26. The Hall–Kier alpha value is -1.49. The van der Waals surface area contributed by atoms with Gasteiger partial charge in [-0.1, -0.05) is 6.07 Å². The number of hydrogen-bond acceptors (Lipinski definition) is 2. The maximum absolute atomic E-state index is 13.3. The third-order valence-corrected chi connectivity index (χ3v) is 3.02. The predicted molar refractivity (Wildman–Crippen MR) is 59.4 cm³/mol. The summed E-state index contributed by atoms with van der Waals surface area (Å²) in [6, 6.07) is 3.77. The van der Waals surface area contributed by atoms with Gasteiger partial charge in [-0.2, -0.15) is 0 Å². The van der Waals surface area contributed by atoms with Gasteiger partial charge in [-0.05, 0) is 30.9 Å². The fourth-order valence-corrected chi connectivity index (χ4v) is 1.97. The van der Waals surface area contributed by atoms with Crippen molar-refractivity contribution in [1.82, 2.24) is 5.32 Å². The second-order valence-electron chi connectivity index (χ2n) is 4.41. The zero-order chi connectivity index (χ0) is 12.4. The van der Waals surface area contributed by atoms with Gasteiger partial charge in [0.05, 0.1) is 5.56 Å². The molecule has 0 spiro atoms. The van der Waals surface area contributed by atoms with E-state index in [2.05, 4.69) is 5.32 Å². The number of amides is 1. The first-order valence-corrected chi connectivity index (χ1v) is 5.55. The summed E-state index contributed by atoms with van der Waals surface area (Å²) in [5, 5.41) is 2.59. The minimum atomic E-state index is -1.10. The Kier molecular flexibility index (Phi) is 3.38. The van der Waals surface area contributed by atoms with Gasteiger partial charge in [-0.25, -0.2) is 8.78 Å². The largest absolute Gasteiger partial charge is 0.352 e. The maximum Gasteiger partial charge on any atom is 0.254 e. The van der Waals surface area contributed by atoms with E-state index in [1.165, 1.54) is 12.1 Å². The number of benzene rings is 1. The molecule has 3 N–H and O–H groups in total. The van der Waals surface area contributed by atoms with Gasteiger partial charge in [0.25, 0.3) is 5.91 Å². The lowest BCUT2D eigenvalue weighted by Gasteiger charge is -2.32. The Morgan fingerprint density at radius 1 is 1.41 bits per heavy atom. The van der Waals surface area contributed by atoms with Crippen LogP contribution in [0.15, 0.2) is 18.2 Å². The molecule has 1 aliphatic carbocycles. The van der Waals surface area contributed by atoms with Crippen LogP contribution in [0.4, 0.5) is 8.78 Å². The van der Waals surface area contributed by atoms with Crippen LogP contribution in [0, 0.1) is 17.6 Å². The molecule has 1 aromatic rings. The Morgan fingerprint density at radius 2 is 2.12 bits per heavy atom. The summed E-state index contributed by atoms with van der Waals surface area (Å²) < 4.78 is 26.2. The van der Waals surface area contributed by atoms with E-state index in [4.69, 9.17) is 5.73 Å². The lowest BCUT2D eigenvalue weighted by molar-refractivity contribution is 0.0930. The van der Waals surface area contributed by atoms with Crippen LogP contribution < -0.4 is 11.1 Å². The van der Waals surface area contributed by atoms with Crippen LogP contribution in [0.1, 0.15) is 23.2 Å². The number of carbonyl (C=O) groups excluding carboxylic acids is 1. The summed E-state index contributed by atoms with van der Waals surface area (Å²) in [6.07, 6.45) is 1.73. The molecule has 1 aromatic carbocycles. The van der Waals surface area contributed by atoms with Crippen LogP contribution in [0.3, 0.4) is 0 Å². The number of nitrogens with two attached hydrogens (primary N) is 1. The molecule has 5 heteroatoms. The Balaban J connectivity index is 1.93. The average molecular weight is 240 g/mol. The molecule has 0 bridgehead atoms. The second-order valence-corrected chi connectivity index (χ2v) is 4.41. The van der Waals surface area contributed by atoms with Gasteiger partial charge >= 0.3 is 0 Å². The molecule has 1 amide bonds. The molecule has 0 aromatic heterocycles. The number of nitrogens with one attached hydrogen (secondary N) is 1. The van der Waals surface area contributed by atoms with Gasteiger partial charge in [0.15, 0.2) is 11.6 Å². The molecular formula is C12H14F2N2O. The molecule has 0 saturated heterocycles. The highest BCUT2D eigenvalue weighted by atomic mass is 19.2. The van der Waals surface area contributed by atoms with Crippen molar-refractivity contribution >= 4 is 5.91 Å². The predicted octanol–water partition coefficient (Wildman–Crippen LogP) is 1.43. The van der Waals surface area contributed by atoms with E-state index in [9.17, 15) is 13.6 Å². The summed E-state index contributed by atoms with van der Waals surface area (Å²) in [5.74, 6) is -2.34. The Bertz CT molecular complexity index is 431. The molecule has 1 aliphatic rings. The highest BCUT2D eigenvalue weighted by Crippen LogP contribution is 2.24. The van der Waals surface area contributed by atoms with Crippen molar-refractivity contribution < 1.29 is 13.6 Å². The van der Waals surface area contributed by atoms with E-state index in [-0.39, 0.29) is 11.6 Å². The molecule has 0 unspecified atom stereocenters. The van der Waals surface area contributed by atoms with Crippen molar-refractivity contribution in [3.05, 3.63) is 35.4 Å². The highest BCUT2D eigenvalue weighted by molar-refractivity contribution is 5.94. The monoisotopic (exact) mass is 240 g/mol. The van der Waals surface area contributed by atoms with Crippen molar-refractivity contribution in [3.8, 4) is 0 Å². The van der Waals surface area contributed by atoms with E-state index >= 15 is 0 Å². The minimum Gasteiger partial charge on any atom is -0.352 e. The van der Waals surface area contributed by atoms with E-state index in [0.29, 0.717) is 12.5 Å². The summed E-state index contributed by atoms with van der Waals surface area (Å²) in [4.78, 5) is 11.6. The molecule has 0 aliphatic heterocycles. The standard InChI is InChI=1S/C12H14F2N2O/c13-10-3-1-2-9(11(10)14)12(17)16-6-7-4-8(15)5-7/h1-3,7-8H,4-6,15H2,(H,16,17). The molecule has 3 nitrogen and oxygen atoms in total. The molecule has 0 heterocycles. The number of halogens is 2. The average Bonchev–Trinajstić information content (AvgIpc) is 2.26. The van der Waals surface area contributed by atoms with E-state index in [1.54, 1.807) is 0 Å². The SMILES string of the molecule is NC1CC(CNC(=O)c2cccc(F)c2F)C1. The van der Waals surface area contributed by atoms with Crippen molar-refractivity contribution in [3.63, 3.8) is 0 Å². The summed E-state index contributed by atoms with van der Waals surface area (Å²) in [5.41, 5.74) is 5.35. The Labute approximate surface area is 98.0 Å². The van der Waals surface area contributed by atoms with Crippen molar-refractivity contribution in [1.29, 1.82) is 0 Å². The van der Waals surface area contributed by atoms with E-state index < -0.39 is 17.5 Å². The lowest BCUT2D eigenvalue weighted by atomic mass is 9.81. The Morgan fingerprint density at radius 3 is 2.76 bits per heavy atom. The number of hydrogen-bond donors (Lipinski definition) is 2. The molecule has 17 heavy (non-hydrogen) atoms. The summed E-state index contributed by atoms with van der Waals surface area (Å²) in [7, 11) is 0. The molecule has 0 atom stereocenters. The van der Waals surface area contributed by atoms with Gasteiger partial charge in [-0.3, -0.25) is 4.79 Å². The third kappa shape index (κ3) is 2.61. The van der Waals surface area contributed by atoms with E-state index in [1.807, 2.05) is 0 Å². The zero-order valence-corrected chi connectivity index (χ0v) is 9.25. The lowest BCUT2D eigenvalue weighted by Crippen LogP contribution is -2.42. The first-order chi connectivity index (χ1) is 8.08. The molecule has 1 fully saturated rings. The summed E-state index contributed by atoms with van der Waals surface area (Å²) >= 11 is 0. The molecule has 0 radical (unpaired) electrons. The maximum atomic E-state index is 13.3. The molecule has 92 valence electrons. The first-order valence-electron chi connectivity index (χ1n) is 5.55. The fourth-order valence-electron chi connectivity index (χ4n) is 1.97. The molecular weight excluding hydrogens is 226 g/mol. The molecule has 2 rings (SSSR count). The van der Waals surface area contributed by atoms with Crippen LogP contribution >= 0.6 is 0 Å². The minimum absolute atomic E-state index is 0.211. The normalized spacial score (nSPS) is 23.0. The number of carbonyl (C=O) groups is 1. The van der Waals surface area contributed by atoms with E-state index in [0.717, 1.165) is 18.9 Å². The topological polar surface area (TPSA) is 55.1 Å². The van der Waals surface area contributed by atoms with Gasteiger partial charge in [0.2, 0.25) is 0 Å². The third-order valence-electron chi connectivity index (χ3n) is 3.02. The first kappa shape index (κ1) is 12.0. The van der Waals surface area contributed by atoms with Crippen LogP contribution in [0.5, 0.6) is 0 Å².